The number of rotatable bonds is 4. The summed E-state index contributed by atoms with van der Waals surface area (Å²) in [6.07, 6.45) is 1.54. The van der Waals surface area contributed by atoms with Gasteiger partial charge in [-0.15, -0.1) is 0 Å². The molecule has 2 aromatic heterocycles. The highest BCUT2D eigenvalue weighted by molar-refractivity contribution is 5.83. The maximum atomic E-state index is 6.02. The first-order valence-electron chi connectivity index (χ1n) is 9.14. The molecule has 0 radical (unpaired) electrons. The maximum Gasteiger partial charge on any atom is 0.254 e. The second kappa shape index (κ2) is 6.85. The molecule has 3 heterocycles. The average molecular weight is 360 g/mol. The number of nitrogens with zero attached hydrogens (tertiary/aromatic N) is 5. The number of piperazine rings is 1. The van der Waals surface area contributed by atoms with Crippen LogP contribution >= 0.6 is 0 Å². The van der Waals surface area contributed by atoms with Crippen LogP contribution in [0.3, 0.4) is 0 Å². The van der Waals surface area contributed by atoms with Gasteiger partial charge in [0.05, 0.1) is 5.69 Å². The molecular formula is C20H20N6O. The predicted octanol–water partition coefficient (Wildman–Crippen LogP) is 2.27. The van der Waals surface area contributed by atoms with E-state index in [0.717, 1.165) is 48.8 Å². The summed E-state index contributed by atoms with van der Waals surface area (Å²) in [4.78, 5) is 11.2. The second-order valence-corrected chi connectivity index (χ2v) is 6.61. The van der Waals surface area contributed by atoms with Crippen molar-refractivity contribution in [2.75, 3.05) is 31.1 Å². The van der Waals surface area contributed by atoms with Gasteiger partial charge in [-0.05, 0) is 22.9 Å². The van der Waals surface area contributed by atoms with Gasteiger partial charge < -0.3 is 15.0 Å². The molecule has 1 aliphatic heterocycles. The third kappa shape index (κ3) is 3.17. The van der Waals surface area contributed by atoms with Crippen molar-refractivity contribution in [3.05, 3.63) is 60.6 Å². The molecule has 7 nitrogen and oxygen atoms in total. The van der Waals surface area contributed by atoms with Gasteiger partial charge in [0, 0.05) is 32.2 Å². The van der Waals surface area contributed by atoms with Crippen LogP contribution in [0.15, 0.2) is 54.9 Å². The lowest BCUT2D eigenvalue weighted by Crippen LogP contribution is -2.44. The van der Waals surface area contributed by atoms with E-state index in [1.165, 1.54) is 5.39 Å². The Morgan fingerprint density at radius 3 is 2.74 bits per heavy atom. The molecule has 1 aliphatic rings. The Kier molecular flexibility index (Phi) is 4.06. The van der Waals surface area contributed by atoms with Gasteiger partial charge in [0.25, 0.3) is 5.78 Å². The Bertz CT molecular complexity index is 1090. The van der Waals surface area contributed by atoms with Crippen molar-refractivity contribution in [1.82, 2.24) is 24.9 Å². The minimum absolute atomic E-state index is 0.390. The van der Waals surface area contributed by atoms with E-state index in [0.29, 0.717) is 12.4 Å². The fourth-order valence-corrected chi connectivity index (χ4v) is 3.45. The molecule has 0 atom stereocenters. The lowest BCUT2D eigenvalue weighted by molar-refractivity contribution is 0.302. The highest BCUT2D eigenvalue weighted by Crippen LogP contribution is 2.22. The number of fused-ring (bicyclic) bond motifs is 2. The smallest absolute Gasteiger partial charge is 0.254 e. The molecular weight excluding hydrogens is 340 g/mol. The predicted molar refractivity (Wildman–Crippen MR) is 104 cm³/mol. The number of hydrogen-bond donors (Lipinski definition) is 1. The molecule has 2 aromatic carbocycles. The van der Waals surface area contributed by atoms with Crippen molar-refractivity contribution in [2.45, 2.75) is 6.61 Å². The van der Waals surface area contributed by atoms with Gasteiger partial charge in [-0.25, -0.2) is 4.98 Å². The lowest BCUT2D eigenvalue weighted by atomic mass is 10.1. The summed E-state index contributed by atoms with van der Waals surface area (Å²) < 4.78 is 7.81. The summed E-state index contributed by atoms with van der Waals surface area (Å²) in [5, 5.41) is 10.1. The van der Waals surface area contributed by atoms with Gasteiger partial charge in [-0.3, -0.25) is 0 Å². The molecule has 7 heteroatoms. The molecule has 136 valence electrons. The van der Waals surface area contributed by atoms with Crippen LogP contribution in [0.4, 0.5) is 5.82 Å². The lowest BCUT2D eigenvalue weighted by Gasteiger charge is -2.29. The van der Waals surface area contributed by atoms with Crippen molar-refractivity contribution >= 4 is 22.4 Å². The van der Waals surface area contributed by atoms with Crippen molar-refractivity contribution in [1.29, 1.82) is 0 Å². The molecule has 0 saturated carbocycles. The van der Waals surface area contributed by atoms with Crippen LogP contribution in [0.5, 0.6) is 5.75 Å². The summed E-state index contributed by atoms with van der Waals surface area (Å²) in [5.74, 6) is 2.44. The topological polar surface area (TPSA) is 67.6 Å². The van der Waals surface area contributed by atoms with Crippen LogP contribution in [-0.4, -0.2) is 45.8 Å². The summed E-state index contributed by atoms with van der Waals surface area (Å²) in [5.41, 5.74) is 0.845. The second-order valence-electron chi connectivity index (χ2n) is 6.61. The Morgan fingerprint density at radius 2 is 1.85 bits per heavy atom. The van der Waals surface area contributed by atoms with Crippen molar-refractivity contribution < 1.29 is 4.74 Å². The monoisotopic (exact) mass is 360 g/mol. The molecule has 1 N–H and O–H groups in total. The molecule has 0 aliphatic carbocycles. The fourth-order valence-electron chi connectivity index (χ4n) is 3.45. The quantitative estimate of drug-likeness (QED) is 0.602. The van der Waals surface area contributed by atoms with E-state index in [-0.39, 0.29) is 0 Å². The van der Waals surface area contributed by atoms with Crippen LogP contribution in [0, 0.1) is 0 Å². The van der Waals surface area contributed by atoms with E-state index >= 15 is 0 Å². The van der Waals surface area contributed by atoms with E-state index in [1.807, 2.05) is 24.3 Å². The van der Waals surface area contributed by atoms with Gasteiger partial charge in [-0.2, -0.15) is 14.6 Å². The van der Waals surface area contributed by atoms with E-state index in [1.54, 1.807) is 10.8 Å². The highest BCUT2D eigenvalue weighted by Gasteiger charge is 2.16. The minimum atomic E-state index is 0.390. The third-order valence-corrected chi connectivity index (χ3v) is 4.83. The van der Waals surface area contributed by atoms with Crippen LogP contribution in [0.2, 0.25) is 0 Å². The maximum absolute atomic E-state index is 6.02. The van der Waals surface area contributed by atoms with Crippen molar-refractivity contribution in [2.24, 2.45) is 0 Å². The molecule has 0 unspecified atom stereocenters. The zero-order valence-corrected chi connectivity index (χ0v) is 14.9. The Hall–Kier alpha value is -3.19. The third-order valence-electron chi connectivity index (χ3n) is 4.83. The summed E-state index contributed by atoms with van der Waals surface area (Å²) >= 11 is 0. The van der Waals surface area contributed by atoms with Gasteiger partial charge in [0.1, 0.15) is 24.5 Å². The minimum Gasteiger partial charge on any atom is -0.487 e. The molecule has 4 aromatic rings. The first kappa shape index (κ1) is 16.0. The van der Waals surface area contributed by atoms with E-state index in [9.17, 15) is 0 Å². The number of nitrogens with one attached hydrogen (secondary N) is 1. The van der Waals surface area contributed by atoms with Crippen molar-refractivity contribution in [3.8, 4) is 5.75 Å². The number of ether oxygens (including phenoxy) is 1. The number of anilines is 1. The Morgan fingerprint density at radius 1 is 1.00 bits per heavy atom. The molecule has 0 spiro atoms. The first-order valence-corrected chi connectivity index (χ1v) is 9.14. The van der Waals surface area contributed by atoms with E-state index < -0.39 is 0 Å². The van der Waals surface area contributed by atoms with Gasteiger partial charge in [0.15, 0.2) is 0 Å². The first-order chi connectivity index (χ1) is 13.4. The zero-order chi connectivity index (χ0) is 18.1. The van der Waals surface area contributed by atoms with Crippen molar-refractivity contribution in [3.63, 3.8) is 0 Å². The number of benzene rings is 2. The number of aromatic nitrogens is 4. The number of hydrogen-bond acceptors (Lipinski definition) is 6. The zero-order valence-electron chi connectivity index (χ0n) is 14.9. The van der Waals surface area contributed by atoms with Gasteiger partial charge in [0.2, 0.25) is 0 Å². The van der Waals surface area contributed by atoms with E-state index in [4.69, 9.17) is 4.74 Å². The Balaban J connectivity index is 1.42. The molecule has 1 saturated heterocycles. The summed E-state index contributed by atoms with van der Waals surface area (Å²) in [7, 11) is 0. The van der Waals surface area contributed by atoms with Crippen LogP contribution in [0.1, 0.15) is 5.69 Å². The molecule has 0 amide bonds. The molecule has 27 heavy (non-hydrogen) atoms. The summed E-state index contributed by atoms with van der Waals surface area (Å²) in [6, 6.07) is 16.4. The largest absolute Gasteiger partial charge is 0.487 e. The highest BCUT2D eigenvalue weighted by atomic mass is 16.5. The SMILES string of the molecule is c1ccc2cc(OCc3cc(N4CCNCC4)n4ncnc4n3)ccc2c1. The summed E-state index contributed by atoms with van der Waals surface area (Å²) in [6.45, 7) is 4.18. The fraction of sp³-hybridized carbons (Fsp3) is 0.250. The van der Waals surface area contributed by atoms with Crippen LogP contribution in [0.25, 0.3) is 16.6 Å². The van der Waals surface area contributed by atoms with Crippen LogP contribution < -0.4 is 15.0 Å². The standard InChI is InChI=1S/C20H20N6O/c1-2-4-16-11-18(6-5-15(16)3-1)27-13-17-12-19(25-9-7-21-8-10-25)26-20(24-17)22-14-23-26/h1-6,11-12,14,21H,7-10,13H2. The van der Waals surface area contributed by atoms with Gasteiger partial charge >= 0.3 is 0 Å². The molecule has 0 bridgehead atoms. The van der Waals surface area contributed by atoms with E-state index in [2.05, 4.69) is 49.5 Å². The molecule has 1 fully saturated rings. The normalized spacial score (nSPS) is 14.7. The van der Waals surface area contributed by atoms with Crippen LogP contribution in [-0.2, 0) is 6.61 Å². The van der Waals surface area contributed by atoms with Gasteiger partial charge in [-0.1, -0.05) is 30.3 Å². The average Bonchev–Trinajstić information content (AvgIpc) is 3.21. The molecule has 5 rings (SSSR count). The Labute approximate surface area is 156 Å².